The molecule has 0 spiro atoms. The standard InChI is InChI=1S/C22H22N2O4S2/c1-27-20-10-5-8-16(22(20)28-2)18(14-24-30(25,26)21-11-6-12-29-21)17-13-23-19-9-4-3-7-15(17)19/h3-13,18,23-24H,14H2,1-2H3/t18-/m0/s1. The van der Waals surface area contributed by atoms with Crippen LogP contribution in [0.3, 0.4) is 0 Å². The third kappa shape index (κ3) is 3.81. The minimum absolute atomic E-state index is 0.172. The van der Waals surface area contributed by atoms with Gasteiger partial charge in [0.25, 0.3) is 0 Å². The Morgan fingerprint density at radius 1 is 1.00 bits per heavy atom. The van der Waals surface area contributed by atoms with E-state index in [0.29, 0.717) is 11.5 Å². The van der Waals surface area contributed by atoms with Gasteiger partial charge in [0.15, 0.2) is 11.5 Å². The van der Waals surface area contributed by atoms with Gasteiger partial charge in [0.05, 0.1) is 14.2 Å². The zero-order valence-electron chi connectivity index (χ0n) is 16.6. The largest absolute Gasteiger partial charge is 0.493 e. The van der Waals surface area contributed by atoms with Crippen LogP contribution in [0.2, 0.25) is 0 Å². The summed E-state index contributed by atoms with van der Waals surface area (Å²) in [5.41, 5.74) is 2.81. The number of aromatic amines is 1. The van der Waals surface area contributed by atoms with E-state index in [1.54, 1.807) is 31.7 Å². The number of hydrogen-bond acceptors (Lipinski definition) is 5. The Morgan fingerprint density at radius 2 is 1.83 bits per heavy atom. The molecule has 4 rings (SSSR count). The topological polar surface area (TPSA) is 80.4 Å². The summed E-state index contributed by atoms with van der Waals surface area (Å²) < 4.78 is 39.7. The Bertz CT molecular complexity index is 1250. The molecule has 2 heterocycles. The quantitative estimate of drug-likeness (QED) is 0.425. The summed E-state index contributed by atoms with van der Waals surface area (Å²) in [5.74, 6) is 0.896. The average Bonchev–Trinajstić information content (AvgIpc) is 3.45. The van der Waals surface area contributed by atoms with Crippen molar-refractivity contribution in [2.75, 3.05) is 20.8 Å². The van der Waals surface area contributed by atoms with Crippen LogP contribution in [-0.4, -0.2) is 34.2 Å². The molecule has 156 valence electrons. The Kier molecular flexibility index (Phi) is 5.80. The van der Waals surface area contributed by atoms with Crippen LogP contribution < -0.4 is 14.2 Å². The SMILES string of the molecule is COc1cccc([C@H](CNS(=O)(=O)c2cccs2)c2c[nH]c3ccccc23)c1OC. The van der Waals surface area contributed by atoms with Crippen LogP contribution in [0.25, 0.3) is 10.9 Å². The lowest BCUT2D eigenvalue weighted by atomic mass is 9.90. The molecule has 2 aromatic carbocycles. The highest BCUT2D eigenvalue weighted by Crippen LogP contribution is 2.40. The van der Waals surface area contributed by atoms with Crippen LogP contribution in [0.1, 0.15) is 17.0 Å². The number of ether oxygens (including phenoxy) is 2. The zero-order chi connectivity index (χ0) is 21.1. The first-order chi connectivity index (χ1) is 14.5. The van der Waals surface area contributed by atoms with Crippen molar-refractivity contribution in [2.45, 2.75) is 10.1 Å². The molecule has 4 aromatic rings. The third-order valence-corrected chi connectivity index (χ3v) is 7.86. The Labute approximate surface area is 179 Å². The molecule has 30 heavy (non-hydrogen) atoms. The molecule has 0 radical (unpaired) electrons. The predicted molar refractivity (Wildman–Crippen MR) is 119 cm³/mol. The van der Waals surface area contributed by atoms with Crippen molar-refractivity contribution in [3.8, 4) is 11.5 Å². The molecule has 0 aliphatic rings. The maximum atomic E-state index is 12.8. The van der Waals surface area contributed by atoms with Gasteiger partial charge in [0.1, 0.15) is 4.21 Å². The van der Waals surface area contributed by atoms with Gasteiger partial charge in [-0.05, 0) is 29.1 Å². The van der Waals surface area contributed by atoms with Crippen molar-refractivity contribution in [1.29, 1.82) is 0 Å². The molecule has 6 nitrogen and oxygen atoms in total. The second-order valence-electron chi connectivity index (χ2n) is 6.71. The zero-order valence-corrected chi connectivity index (χ0v) is 18.2. The first-order valence-electron chi connectivity index (χ1n) is 9.35. The number of aromatic nitrogens is 1. The normalized spacial score (nSPS) is 12.7. The van der Waals surface area contributed by atoms with E-state index < -0.39 is 10.0 Å². The lowest BCUT2D eigenvalue weighted by molar-refractivity contribution is 0.350. The Hall–Kier alpha value is -2.81. The van der Waals surface area contributed by atoms with Crippen molar-refractivity contribution in [1.82, 2.24) is 9.71 Å². The minimum atomic E-state index is -3.61. The van der Waals surface area contributed by atoms with Gasteiger partial charge in [-0.1, -0.05) is 36.4 Å². The molecular weight excluding hydrogens is 420 g/mol. The molecule has 0 aliphatic carbocycles. The molecule has 2 N–H and O–H groups in total. The number of H-pyrrole nitrogens is 1. The maximum Gasteiger partial charge on any atom is 0.250 e. The van der Waals surface area contributed by atoms with Gasteiger partial charge in [-0.25, -0.2) is 13.1 Å². The summed E-state index contributed by atoms with van der Waals surface area (Å²) in [7, 11) is -0.441. The summed E-state index contributed by atoms with van der Waals surface area (Å²) in [6.45, 7) is 0.172. The van der Waals surface area contributed by atoms with Crippen LogP contribution in [0.5, 0.6) is 11.5 Å². The lowest BCUT2D eigenvalue weighted by Crippen LogP contribution is -2.28. The summed E-state index contributed by atoms with van der Waals surface area (Å²) in [4.78, 5) is 3.28. The molecule has 0 fully saturated rings. The summed E-state index contributed by atoms with van der Waals surface area (Å²) in [6.07, 6.45) is 1.92. The molecule has 0 unspecified atom stereocenters. The highest BCUT2D eigenvalue weighted by Gasteiger charge is 2.26. The van der Waals surface area contributed by atoms with E-state index in [1.165, 1.54) is 11.3 Å². The van der Waals surface area contributed by atoms with E-state index in [9.17, 15) is 8.42 Å². The third-order valence-electron chi connectivity index (χ3n) is 5.04. The van der Waals surface area contributed by atoms with E-state index >= 15 is 0 Å². The first kappa shape index (κ1) is 20.5. The second kappa shape index (κ2) is 8.51. The minimum Gasteiger partial charge on any atom is -0.493 e. The number of thiophene rings is 1. The number of methoxy groups -OCH3 is 2. The molecule has 8 heteroatoms. The number of para-hydroxylation sites is 2. The van der Waals surface area contributed by atoms with Gasteiger partial charge in [-0.2, -0.15) is 0 Å². The van der Waals surface area contributed by atoms with Crippen molar-refractivity contribution in [3.05, 3.63) is 77.3 Å². The van der Waals surface area contributed by atoms with E-state index in [-0.39, 0.29) is 16.7 Å². The fourth-order valence-corrected chi connectivity index (χ4v) is 5.72. The van der Waals surface area contributed by atoms with Crippen LogP contribution in [0, 0.1) is 0 Å². The fraction of sp³-hybridized carbons (Fsp3) is 0.182. The number of sulfonamides is 1. The molecule has 0 saturated heterocycles. The molecule has 0 amide bonds. The molecule has 0 bridgehead atoms. The van der Waals surface area contributed by atoms with Gasteiger partial charge >= 0.3 is 0 Å². The molecule has 0 saturated carbocycles. The first-order valence-corrected chi connectivity index (χ1v) is 11.7. The van der Waals surface area contributed by atoms with Crippen LogP contribution >= 0.6 is 11.3 Å². The van der Waals surface area contributed by atoms with E-state index in [1.807, 2.05) is 48.7 Å². The molecular formula is C22H22N2O4S2. The fourth-order valence-electron chi connectivity index (χ4n) is 3.64. The van der Waals surface area contributed by atoms with E-state index in [2.05, 4.69) is 9.71 Å². The van der Waals surface area contributed by atoms with Crippen molar-refractivity contribution in [3.63, 3.8) is 0 Å². The van der Waals surface area contributed by atoms with Gasteiger partial charge in [-0.15, -0.1) is 11.3 Å². The van der Waals surface area contributed by atoms with Crippen LogP contribution in [0.15, 0.2) is 70.4 Å². The second-order valence-corrected chi connectivity index (χ2v) is 9.65. The summed E-state index contributed by atoms with van der Waals surface area (Å²) in [5, 5.41) is 2.78. The smallest absolute Gasteiger partial charge is 0.250 e. The summed E-state index contributed by atoms with van der Waals surface area (Å²) in [6, 6.07) is 16.9. The van der Waals surface area contributed by atoms with Crippen molar-refractivity contribution >= 4 is 32.3 Å². The predicted octanol–water partition coefficient (Wildman–Crippen LogP) is 4.36. The van der Waals surface area contributed by atoms with Crippen LogP contribution in [-0.2, 0) is 10.0 Å². The van der Waals surface area contributed by atoms with Gasteiger partial charge in [0, 0.05) is 35.1 Å². The molecule has 1 atom stereocenters. The number of nitrogens with one attached hydrogen (secondary N) is 2. The van der Waals surface area contributed by atoms with Gasteiger partial charge < -0.3 is 14.5 Å². The van der Waals surface area contributed by atoms with Crippen molar-refractivity contribution < 1.29 is 17.9 Å². The lowest BCUT2D eigenvalue weighted by Gasteiger charge is -2.21. The van der Waals surface area contributed by atoms with E-state index in [4.69, 9.17) is 9.47 Å². The van der Waals surface area contributed by atoms with Gasteiger partial charge in [0.2, 0.25) is 10.0 Å². The monoisotopic (exact) mass is 442 g/mol. The molecule has 2 aromatic heterocycles. The Morgan fingerprint density at radius 3 is 2.57 bits per heavy atom. The average molecular weight is 443 g/mol. The highest BCUT2D eigenvalue weighted by molar-refractivity contribution is 7.91. The van der Waals surface area contributed by atoms with Gasteiger partial charge in [-0.3, -0.25) is 0 Å². The summed E-state index contributed by atoms with van der Waals surface area (Å²) >= 11 is 1.19. The number of rotatable bonds is 8. The molecule has 0 aliphatic heterocycles. The maximum absolute atomic E-state index is 12.8. The van der Waals surface area contributed by atoms with E-state index in [0.717, 1.165) is 22.0 Å². The highest BCUT2D eigenvalue weighted by atomic mass is 32.2. The van der Waals surface area contributed by atoms with Crippen LogP contribution in [0.4, 0.5) is 0 Å². The Balaban J connectivity index is 1.80. The number of hydrogen-bond donors (Lipinski definition) is 2. The van der Waals surface area contributed by atoms with Crippen molar-refractivity contribution in [2.24, 2.45) is 0 Å². The number of fused-ring (bicyclic) bond motifs is 1. The number of benzene rings is 2.